The molecule has 0 aliphatic heterocycles. The van der Waals surface area contributed by atoms with E-state index in [9.17, 15) is 13.2 Å². The molecule has 0 saturated carbocycles. The summed E-state index contributed by atoms with van der Waals surface area (Å²) in [6.45, 7) is 0.295. The summed E-state index contributed by atoms with van der Waals surface area (Å²) in [7, 11) is 0. The molecule has 0 aliphatic rings. The van der Waals surface area contributed by atoms with E-state index in [-0.39, 0.29) is 6.42 Å². The zero-order chi connectivity index (χ0) is 9.90. The molecule has 0 amide bonds. The molecule has 0 aliphatic carbocycles. The van der Waals surface area contributed by atoms with Crippen LogP contribution in [0, 0.1) is 0 Å². The molecule has 0 spiro atoms. The van der Waals surface area contributed by atoms with Gasteiger partial charge in [0, 0.05) is 19.2 Å². The highest BCUT2D eigenvalue weighted by atomic mass is 19.4. The van der Waals surface area contributed by atoms with Crippen molar-refractivity contribution in [3.8, 4) is 0 Å². The average molecular weight is 193 g/mol. The number of nitrogens with zero attached hydrogens (tertiary/aromatic N) is 2. The Bertz CT molecular complexity index is 266. The lowest BCUT2D eigenvalue weighted by atomic mass is 10.3. The number of anilines is 1. The van der Waals surface area contributed by atoms with E-state index < -0.39 is 12.6 Å². The zero-order valence-electron chi connectivity index (χ0n) is 6.88. The maximum Gasteiger partial charge on any atom is 0.389 e. The van der Waals surface area contributed by atoms with Crippen molar-refractivity contribution in [3.05, 3.63) is 12.5 Å². The first-order chi connectivity index (χ1) is 5.97. The molecule has 6 heteroatoms. The summed E-state index contributed by atoms with van der Waals surface area (Å²) < 4.78 is 36.7. The fourth-order valence-corrected chi connectivity index (χ4v) is 0.962. The minimum atomic E-state index is -4.08. The lowest BCUT2D eigenvalue weighted by molar-refractivity contribution is -0.135. The molecule has 0 saturated heterocycles. The monoisotopic (exact) mass is 193 g/mol. The number of nitrogens with two attached hydrogens (primary N) is 1. The molecule has 1 aromatic heterocycles. The van der Waals surface area contributed by atoms with Crippen molar-refractivity contribution in [1.29, 1.82) is 0 Å². The van der Waals surface area contributed by atoms with Gasteiger partial charge in [0.25, 0.3) is 0 Å². The van der Waals surface area contributed by atoms with E-state index in [0.717, 1.165) is 0 Å². The third-order valence-corrected chi connectivity index (χ3v) is 1.53. The molecule has 1 heterocycles. The fourth-order valence-electron chi connectivity index (χ4n) is 0.962. The first-order valence-corrected chi connectivity index (χ1v) is 3.81. The van der Waals surface area contributed by atoms with Crippen LogP contribution in [0.25, 0.3) is 0 Å². The predicted octanol–water partition coefficient (Wildman–Crippen LogP) is 1.81. The fraction of sp³-hybridized carbons (Fsp3) is 0.571. The van der Waals surface area contributed by atoms with Crippen LogP contribution in [0.2, 0.25) is 0 Å². The Morgan fingerprint density at radius 2 is 2.15 bits per heavy atom. The van der Waals surface area contributed by atoms with E-state index >= 15 is 0 Å². The van der Waals surface area contributed by atoms with Crippen molar-refractivity contribution in [2.24, 2.45) is 0 Å². The number of imidazole rings is 1. The smallest absolute Gasteiger partial charge is 0.382 e. The van der Waals surface area contributed by atoms with Crippen LogP contribution < -0.4 is 5.73 Å². The normalized spacial score (nSPS) is 11.9. The van der Waals surface area contributed by atoms with Crippen molar-refractivity contribution >= 4 is 5.82 Å². The Balaban J connectivity index is 2.28. The van der Waals surface area contributed by atoms with E-state index in [1.807, 2.05) is 0 Å². The summed E-state index contributed by atoms with van der Waals surface area (Å²) in [4.78, 5) is 3.69. The Labute approximate surface area is 73.4 Å². The van der Waals surface area contributed by atoms with E-state index in [4.69, 9.17) is 5.73 Å². The zero-order valence-corrected chi connectivity index (χ0v) is 6.88. The highest BCUT2D eigenvalue weighted by molar-refractivity contribution is 5.22. The van der Waals surface area contributed by atoms with Crippen molar-refractivity contribution in [2.45, 2.75) is 25.6 Å². The highest BCUT2D eigenvalue weighted by Crippen LogP contribution is 2.21. The third kappa shape index (κ3) is 3.82. The lowest BCUT2D eigenvalue weighted by Crippen LogP contribution is -2.08. The summed E-state index contributed by atoms with van der Waals surface area (Å²) in [5.74, 6) is 0.326. The van der Waals surface area contributed by atoms with E-state index in [1.54, 1.807) is 4.57 Å². The second-order valence-electron chi connectivity index (χ2n) is 2.76. The molecule has 3 nitrogen and oxygen atoms in total. The van der Waals surface area contributed by atoms with E-state index in [1.165, 1.54) is 12.5 Å². The van der Waals surface area contributed by atoms with E-state index in [2.05, 4.69) is 4.98 Å². The molecule has 0 fully saturated rings. The van der Waals surface area contributed by atoms with Gasteiger partial charge in [0.1, 0.15) is 5.82 Å². The van der Waals surface area contributed by atoms with Crippen LogP contribution in [0.15, 0.2) is 12.5 Å². The number of aromatic nitrogens is 2. The van der Waals surface area contributed by atoms with Crippen LogP contribution >= 0.6 is 0 Å². The van der Waals surface area contributed by atoms with Gasteiger partial charge in [-0.3, -0.25) is 0 Å². The van der Waals surface area contributed by atoms with Gasteiger partial charge in [0.05, 0.1) is 6.33 Å². The molecule has 0 radical (unpaired) electrons. The van der Waals surface area contributed by atoms with Crippen LogP contribution in [0.5, 0.6) is 0 Å². The molecule has 0 unspecified atom stereocenters. The summed E-state index contributed by atoms with van der Waals surface area (Å²) in [5, 5.41) is 0. The Hall–Kier alpha value is -1.20. The molecule has 0 atom stereocenters. The van der Waals surface area contributed by atoms with Crippen LogP contribution in [0.1, 0.15) is 12.8 Å². The Morgan fingerprint density at radius 1 is 1.46 bits per heavy atom. The summed E-state index contributed by atoms with van der Waals surface area (Å²) >= 11 is 0. The third-order valence-electron chi connectivity index (χ3n) is 1.53. The minimum Gasteiger partial charge on any atom is -0.382 e. The second-order valence-corrected chi connectivity index (χ2v) is 2.76. The maximum atomic E-state index is 11.7. The summed E-state index contributed by atoms with van der Waals surface area (Å²) in [5.41, 5.74) is 5.28. The number of hydrogen-bond acceptors (Lipinski definition) is 2. The summed E-state index contributed by atoms with van der Waals surface area (Å²) in [6, 6.07) is 0. The SMILES string of the molecule is Nc1cn(CCCC(F)(F)F)cn1. The molecule has 2 N–H and O–H groups in total. The van der Waals surface area contributed by atoms with Crippen LogP contribution in [0.3, 0.4) is 0 Å². The molecular formula is C7H10F3N3. The Kier molecular flexibility index (Phi) is 2.79. The van der Waals surface area contributed by atoms with Gasteiger partial charge in [-0.05, 0) is 6.42 Å². The maximum absolute atomic E-state index is 11.7. The quantitative estimate of drug-likeness (QED) is 0.795. The van der Waals surface area contributed by atoms with Gasteiger partial charge >= 0.3 is 6.18 Å². The minimum absolute atomic E-state index is 0.0549. The van der Waals surface area contributed by atoms with E-state index in [0.29, 0.717) is 12.4 Å². The van der Waals surface area contributed by atoms with Gasteiger partial charge in [-0.25, -0.2) is 4.98 Å². The number of nitrogen functional groups attached to an aromatic ring is 1. The highest BCUT2D eigenvalue weighted by Gasteiger charge is 2.25. The average Bonchev–Trinajstić information content (AvgIpc) is 2.33. The number of halogens is 3. The molecule has 1 aromatic rings. The molecule has 0 aromatic carbocycles. The van der Waals surface area contributed by atoms with Crippen LogP contribution in [0.4, 0.5) is 19.0 Å². The largest absolute Gasteiger partial charge is 0.389 e. The van der Waals surface area contributed by atoms with Gasteiger partial charge in [0.2, 0.25) is 0 Å². The molecule has 1 rings (SSSR count). The summed E-state index contributed by atoms with van der Waals surface area (Å²) in [6.07, 6.45) is -1.86. The first-order valence-electron chi connectivity index (χ1n) is 3.81. The van der Waals surface area contributed by atoms with Crippen molar-refractivity contribution in [3.63, 3.8) is 0 Å². The van der Waals surface area contributed by atoms with Gasteiger partial charge in [0.15, 0.2) is 0 Å². The molecular weight excluding hydrogens is 183 g/mol. The number of alkyl halides is 3. The molecule has 13 heavy (non-hydrogen) atoms. The topological polar surface area (TPSA) is 43.8 Å². The standard InChI is InChI=1S/C7H10F3N3/c8-7(9,10)2-1-3-13-4-6(11)12-5-13/h4-5H,1-3,11H2. The second kappa shape index (κ2) is 3.68. The van der Waals surface area contributed by atoms with Crippen molar-refractivity contribution in [2.75, 3.05) is 5.73 Å². The van der Waals surface area contributed by atoms with Gasteiger partial charge in [-0.2, -0.15) is 13.2 Å². The van der Waals surface area contributed by atoms with Crippen molar-refractivity contribution < 1.29 is 13.2 Å². The predicted molar refractivity (Wildman–Crippen MR) is 41.9 cm³/mol. The first kappa shape index (κ1) is 9.88. The number of hydrogen-bond donors (Lipinski definition) is 1. The molecule has 0 bridgehead atoms. The van der Waals surface area contributed by atoms with Gasteiger partial charge in [-0.1, -0.05) is 0 Å². The van der Waals surface area contributed by atoms with Gasteiger partial charge < -0.3 is 10.3 Å². The lowest BCUT2D eigenvalue weighted by Gasteiger charge is -2.05. The van der Waals surface area contributed by atoms with Crippen molar-refractivity contribution in [1.82, 2.24) is 9.55 Å². The number of aryl methyl sites for hydroxylation is 1. The van der Waals surface area contributed by atoms with Crippen LogP contribution in [-0.2, 0) is 6.54 Å². The molecule has 74 valence electrons. The van der Waals surface area contributed by atoms with Crippen LogP contribution in [-0.4, -0.2) is 15.7 Å². The number of rotatable bonds is 3. The Morgan fingerprint density at radius 3 is 2.62 bits per heavy atom. The van der Waals surface area contributed by atoms with Gasteiger partial charge in [-0.15, -0.1) is 0 Å².